The van der Waals surface area contributed by atoms with Crippen molar-refractivity contribution >= 4 is 15.9 Å². The fourth-order valence-corrected chi connectivity index (χ4v) is 1.98. The third kappa shape index (κ3) is 2.35. The second kappa shape index (κ2) is 4.43. The second-order valence-electron chi connectivity index (χ2n) is 3.71. The van der Waals surface area contributed by atoms with Gasteiger partial charge in [0.1, 0.15) is 0 Å². The van der Waals surface area contributed by atoms with Gasteiger partial charge in [0, 0.05) is 10.5 Å². The summed E-state index contributed by atoms with van der Waals surface area (Å²) in [6, 6.07) is 8.53. The van der Waals surface area contributed by atoms with E-state index >= 15 is 0 Å². The molecule has 2 nitrogen and oxygen atoms in total. The first-order chi connectivity index (χ1) is 6.75. The third-order valence-corrected chi connectivity index (χ3v) is 3.08. The van der Waals surface area contributed by atoms with Crippen LogP contribution in [0.4, 0.5) is 0 Å². The average molecular weight is 256 g/mol. The number of rotatable bonds is 1. The van der Waals surface area contributed by atoms with Crippen molar-refractivity contribution in [1.29, 1.82) is 0 Å². The van der Waals surface area contributed by atoms with E-state index in [1.807, 2.05) is 12.1 Å². The van der Waals surface area contributed by atoms with Gasteiger partial charge in [-0.05, 0) is 30.5 Å². The second-order valence-corrected chi connectivity index (χ2v) is 4.63. The molecule has 1 heterocycles. The van der Waals surface area contributed by atoms with Crippen molar-refractivity contribution in [2.24, 2.45) is 5.73 Å². The molecule has 2 atom stereocenters. The zero-order valence-corrected chi connectivity index (χ0v) is 9.53. The number of halogens is 1. The van der Waals surface area contributed by atoms with Gasteiger partial charge < -0.3 is 10.5 Å². The molecule has 0 bridgehead atoms. The molecule has 14 heavy (non-hydrogen) atoms. The van der Waals surface area contributed by atoms with Gasteiger partial charge in [-0.2, -0.15) is 0 Å². The summed E-state index contributed by atoms with van der Waals surface area (Å²) >= 11 is 3.42. The van der Waals surface area contributed by atoms with E-state index in [-0.39, 0.29) is 12.1 Å². The van der Waals surface area contributed by atoms with Crippen LogP contribution in [0.5, 0.6) is 0 Å². The van der Waals surface area contributed by atoms with E-state index in [9.17, 15) is 0 Å². The Balaban J connectivity index is 2.05. The summed E-state index contributed by atoms with van der Waals surface area (Å²) in [5, 5.41) is 0. The van der Waals surface area contributed by atoms with Crippen LogP contribution < -0.4 is 5.73 Å². The molecule has 1 aliphatic heterocycles. The summed E-state index contributed by atoms with van der Waals surface area (Å²) in [6.45, 7) is 0.681. The zero-order chi connectivity index (χ0) is 9.97. The predicted molar refractivity (Wildman–Crippen MR) is 60.0 cm³/mol. The van der Waals surface area contributed by atoms with Crippen molar-refractivity contribution in [2.45, 2.75) is 25.0 Å². The van der Waals surface area contributed by atoms with Gasteiger partial charge in [-0.25, -0.2) is 0 Å². The number of nitrogens with two attached hydrogens (primary N) is 1. The molecule has 2 rings (SSSR count). The van der Waals surface area contributed by atoms with Crippen molar-refractivity contribution in [3.05, 3.63) is 34.3 Å². The molecular formula is C11H14BrNO. The van der Waals surface area contributed by atoms with Crippen molar-refractivity contribution < 1.29 is 4.74 Å². The maximum Gasteiger partial charge on any atom is 0.0826 e. The standard InChI is InChI=1S/C11H14BrNO/c12-9-3-1-8(2-4-9)11-6-5-10(13)7-14-11/h1-4,10-11H,5-7,13H2. The summed E-state index contributed by atoms with van der Waals surface area (Å²) in [7, 11) is 0. The van der Waals surface area contributed by atoms with E-state index < -0.39 is 0 Å². The molecule has 1 aromatic carbocycles. The summed E-state index contributed by atoms with van der Waals surface area (Å²) in [6.07, 6.45) is 2.33. The Labute approximate surface area is 92.6 Å². The molecule has 0 aromatic heterocycles. The summed E-state index contributed by atoms with van der Waals surface area (Å²) in [5.74, 6) is 0. The summed E-state index contributed by atoms with van der Waals surface area (Å²) < 4.78 is 6.78. The minimum Gasteiger partial charge on any atom is -0.372 e. The van der Waals surface area contributed by atoms with E-state index in [0.717, 1.165) is 17.3 Å². The van der Waals surface area contributed by atoms with Gasteiger partial charge in [-0.1, -0.05) is 28.1 Å². The van der Waals surface area contributed by atoms with Crippen LogP contribution in [0.25, 0.3) is 0 Å². The monoisotopic (exact) mass is 255 g/mol. The molecule has 0 saturated carbocycles. The Morgan fingerprint density at radius 1 is 1.21 bits per heavy atom. The van der Waals surface area contributed by atoms with E-state index in [0.29, 0.717) is 6.61 Å². The first kappa shape index (κ1) is 10.1. The molecule has 0 aliphatic carbocycles. The van der Waals surface area contributed by atoms with Gasteiger partial charge in [0.2, 0.25) is 0 Å². The van der Waals surface area contributed by atoms with Crippen LogP contribution in [-0.2, 0) is 4.74 Å². The lowest BCUT2D eigenvalue weighted by molar-refractivity contribution is 0.00411. The maximum atomic E-state index is 5.77. The molecule has 0 radical (unpaired) electrons. The molecule has 76 valence electrons. The Morgan fingerprint density at radius 3 is 2.50 bits per heavy atom. The van der Waals surface area contributed by atoms with Crippen LogP contribution in [0.1, 0.15) is 24.5 Å². The van der Waals surface area contributed by atoms with E-state index in [2.05, 4.69) is 28.1 Å². The molecule has 2 unspecified atom stereocenters. The minimum absolute atomic E-state index is 0.224. The quantitative estimate of drug-likeness (QED) is 0.838. The zero-order valence-electron chi connectivity index (χ0n) is 7.95. The van der Waals surface area contributed by atoms with Crippen molar-refractivity contribution in [2.75, 3.05) is 6.61 Å². The lowest BCUT2D eigenvalue weighted by Crippen LogP contribution is -2.32. The van der Waals surface area contributed by atoms with Crippen LogP contribution >= 0.6 is 15.9 Å². The van der Waals surface area contributed by atoms with Crippen LogP contribution in [-0.4, -0.2) is 12.6 Å². The molecular weight excluding hydrogens is 242 g/mol. The largest absolute Gasteiger partial charge is 0.372 e. The topological polar surface area (TPSA) is 35.2 Å². The summed E-state index contributed by atoms with van der Waals surface area (Å²) in [5.41, 5.74) is 7.02. The van der Waals surface area contributed by atoms with Crippen molar-refractivity contribution in [3.63, 3.8) is 0 Å². The van der Waals surface area contributed by atoms with Gasteiger partial charge in [-0.15, -0.1) is 0 Å². The minimum atomic E-state index is 0.224. The van der Waals surface area contributed by atoms with Gasteiger partial charge in [0.25, 0.3) is 0 Å². The van der Waals surface area contributed by atoms with Crippen LogP contribution in [0.2, 0.25) is 0 Å². The molecule has 0 amide bonds. The fraction of sp³-hybridized carbons (Fsp3) is 0.455. The number of benzene rings is 1. The Bertz CT molecular complexity index is 291. The Hall–Kier alpha value is -0.380. The van der Waals surface area contributed by atoms with Crippen LogP contribution in [0, 0.1) is 0 Å². The van der Waals surface area contributed by atoms with Gasteiger partial charge in [0.15, 0.2) is 0 Å². The van der Waals surface area contributed by atoms with Gasteiger partial charge in [-0.3, -0.25) is 0 Å². The highest BCUT2D eigenvalue weighted by Gasteiger charge is 2.20. The molecule has 1 fully saturated rings. The molecule has 2 N–H and O–H groups in total. The normalized spacial score (nSPS) is 27.6. The van der Waals surface area contributed by atoms with E-state index in [1.54, 1.807) is 0 Å². The maximum absolute atomic E-state index is 5.77. The highest BCUT2D eigenvalue weighted by atomic mass is 79.9. The van der Waals surface area contributed by atoms with E-state index in [4.69, 9.17) is 10.5 Å². The number of ether oxygens (including phenoxy) is 1. The Morgan fingerprint density at radius 2 is 1.93 bits per heavy atom. The average Bonchev–Trinajstić information content (AvgIpc) is 2.21. The van der Waals surface area contributed by atoms with E-state index in [1.165, 1.54) is 5.56 Å². The van der Waals surface area contributed by atoms with Crippen molar-refractivity contribution in [3.8, 4) is 0 Å². The summed E-state index contributed by atoms with van der Waals surface area (Å²) in [4.78, 5) is 0. The molecule has 0 spiro atoms. The highest BCUT2D eigenvalue weighted by Crippen LogP contribution is 2.28. The number of hydrogen-bond donors (Lipinski definition) is 1. The SMILES string of the molecule is NC1CCC(c2ccc(Br)cc2)OC1. The van der Waals surface area contributed by atoms with Crippen LogP contribution in [0.3, 0.4) is 0 Å². The third-order valence-electron chi connectivity index (χ3n) is 2.55. The number of hydrogen-bond acceptors (Lipinski definition) is 2. The first-order valence-corrected chi connectivity index (χ1v) is 5.67. The molecule has 1 saturated heterocycles. The van der Waals surface area contributed by atoms with Gasteiger partial charge in [0.05, 0.1) is 12.7 Å². The van der Waals surface area contributed by atoms with Crippen molar-refractivity contribution in [1.82, 2.24) is 0 Å². The van der Waals surface area contributed by atoms with Crippen LogP contribution in [0.15, 0.2) is 28.7 Å². The molecule has 1 aliphatic rings. The molecule has 3 heteroatoms. The smallest absolute Gasteiger partial charge is 0.0826 e. The highest BCUT2D eigenvalue weighted by molar-refractivity contribution is 9.10. The van der Waals surface area contributed by atoms with Gasteiger partial charge >= 0.3 is 0 Å². The fourth-order valence-electron chi connectivity index (χ4n) is 1.71. The lowest BCUT2D eigenvalue weighted by Gasteiger charge is -2.27. The predicted octanol–water partition coefficient (Wildman–Crippen LogP) is 2.63. The lowest BCUT2D eigenvalue weighted by atomic mass is 9.99. The molecule has 1 aromatic rings. The first-order valence-electron chi connectivity index (χ1n) is 4.88. The Kier molecular flexibility index (Phi) is 3.21.